The van der Waals surface area contributed by atoms with Crippen LogP contribution in [0.5, 0.6) is 0 Å². The Kier molecular flexibility index (Phi) is 4.02. The Morgan fingerprint density at radius 1 is 1.33 bits per heavy atom. The number of halogens is 1. The fourth-order valence-corrected chi connectivity index (χ4v) is 3.05. The van der Waals surface area contributed by atoms with Crippen molar-refractivity contribution in [2.75, 3.05) is 5.32 Å². The molecule has 0 aliphatic heterocycles. The molecule has 0 atom stereocenters. The number of amides is 1. The van der Waals surface area contributed by atoms with Gasteiger partial charge in [-0.15, -0.1) is 0 Å². The Morgan fingerprint density at radius 2 is 1.94 bits per heavy atom. The van der Waals surface area contributed by atoms with E-state index in [4.69, 9.17) is 18.0 Å². The number of thiocarbonyl (C=S) groups is 1. The summed E-state index contributed by atoms with van der Waals surface area (Å²) in [6.07, 6.45) is 3.50. The number of nitrogens with one attached hydrogen (secondary N) is 1. The number of benzene rings is 1. The Labute approximate surface area is 120 Å². The van der Waals surface area contributed by atoms with E-state index in [1.165, 1.54) is 0 Å². The minimum atomic E-state index is -0.662. The van der Waals surface area contributed by atoms with Crippen LogP contribution in [0.1, 0.15) is 25.7 Å². The summed E-state index contributed by atoms with van der Waals surface area (Å²) >= 11 is 8.51. The lowest BCUT2D eigenvalue weighted by atomic mass is 9.85. The van der Waals surface area contributed by atoms with Crippen LogP contribution in [0.25, 0.3) is 0 Å². The molecule has 5 heteroatoms. The summed E-state index contributed by atoms with van der Waals surface area (Å²) in [5.74, 6) is -0.0839. The first kappa shape index (κ1) is 13.5. The van der Waals surface area contributed by atoms with Crippen LogP contribution in [0, 0.1) is 5.41 Å². The highest BCUT2D eigenvalue weighted by Crippen LogP contribution is 2.40. The zero-order valence-corrected chi connectivity index (χ0v) is 12.3. The van der Waals surface area contributed by atoms with E-state index in [0.29, 0.717) is 4.99 Å². The van der Waals surface area contributed by atoms with Crippen LogP contribution in [0.15, 0.2) is 28.7 Å². The summed E-state index contributed by atoms with van der Waals surface area (Å²) in [6, 6.07) is 7.52. The number of hydrogen-bond donors (Lipinski definition) is 2. The maximum absolute atomic E-state index is 12.4. The van der Waals surface area contributed by atoms with Crippen LogP contribution in [-0.2, 0) is 4.79 Å². The van der Waals surface area contributed by atoms with Gasteiger partial charge in [-0.25, -0.2) is 0 Å². The number of nitrogens with two attached hydrogens (primary N) is 1. The lowest BCUT2D eigenvalue weighted by molar-refractivity contribution is -0.122. The number of rotatable bonds is 3. The first-order chi connectivity index (χ1) is 8.56. The van der Waals surface area contributed by atoms with Crippen molar-refractivity contribution >= 4 is 44.7 Å². The first-order valence-electron chi connectivity index (χ1n) is 5.92. The predicted molar refractivity (Wildman–Crippen MR) is 80.5 cm³/mol. The van der Waals surface area contributed by atoms with Crippen LogP contribution in [0.4, 0.5) is 5.69 Å². The number of carbonyl (C=O) groups is 1. The van der Waals surface area contributed by atoms with Gasteiger partial charge in [-0.3, -0.25) is 4.79 Å². The number of anilines is 1. The number of carbonyl (C=O) groups excluding carboxylic acids is 1. The van der Waals surface area contributed by atoms with Crippen LogP contribution < -0.4 is 11.1 Å². The highest BCUT2D eigenvalue weighted by Gasteiger charge is 2.44. The van der Waals surface area contributed by atoms with E-state index in [2.05, 4.69) is 21.2 Å². The molecule has 0 spiro atoms. The third-order valence-corrected chi connectivity index (χ3v) is 4.57. The molecule has 1 aliphatic carbocycles. The molecule has 1 saturated carbocycles. The van der Waals surface area contributed by atoms with E-state index in [9.17, 15) is 4.79 Å². The topological polar surface area (TPSA) is 55.1 Å². The van der Waals surface area contributed by atoms with Crippen LogP contribution >= 0.6 is 28.1 Å². The van der Waals surface area contributed by atoms with E-state index < -0.39 is 5.41 Å². The average molecular weight is 327 g/mol. The standard InChI is InChI=1S/C13H15BrN2OS/c14-9-5-1-2-6-10(9)16-12(17)13(11(15)18)7-3-4-8-13/h1-2,5-6H,3-4,7-8H2,(H2,15,18)(H,16,17). The lowest BCUT2D eigenvalue weighted by Crippen LogP contribution is -2.44. The summed E-state index contributed by atoms with van der Waals surface area (Å²) in [5, 5.41) is 2.92. The average Bonchev–Trinajstić information content (AvgIpc) is 2.82. The van der Waals surface area contributed by atoms with Crippen molar-refractivity contribution in [1.82, 2.24) is 0 Å². The molecule has 2 rings (SSSR count). The summed E-state index contributed by atoms with van der Waals surface area (Å²) < 4.78 is 0.856. The minimum absolute atomic E-state index is 0.0839. The fourth-order valence-electron chi connectivity index (χ4n) is 2.37. The quantitative estimate of drug-likeness (QED) is 0.838. The molecule has 0 bridgehead atoms. The molecule has 0 aromatic heterocycles. The van der Waals surface area contributed by atoms with Crippen LogP contribution in [-0.4, -0.2) is 10.9 Å². The molecule has 1 aromatic carbocycles. The van der Waals surface area contributed by atoms with Gasteiger partial charge in [0.15, 0.2) is 0 Å². The molecular formula is C13H15BrN2OS. The normalized spacial score (nSPS) is 17.4. The van der Waals surface area contributed by atoms with Gasteiger partial charge in [0.1, 0.15) is 0 Å². The van der Waals surface area contributed by atoms with Crippen molar-refractivity contribution in [3.63, 3.8) is 0 Å². The lowest BCUT2D eigenvalue weighted by Gasteiger charge is -2.26. The molecule has 0 saturated heterocycles. The third kappa shape index (κ3) is 2.42. The van der Waals surface area contributed by atoms with Gasteiger partial charge in [0.2, 0.25) is 5.91 Å². The Morgan fingerprint density at radius 3 is 2.50 bits per heavy atom. The summed E-state index contributed by atoms with van der Waals surface area (Å²) in [7, 11) is 0. The SMILES string of the molecule is NC(=S)C1(C(=O)Nc2ccccc2Br)CCCC1. The smallest absolute Gasteiger partial charge is 0.237 e. The molecule has 0 radical (unpaired) electrons. The summed E-state index contributed by atoms with van der Waals surface area (Å²) in [5.41, 5.74) is 5.88. The molecule has 96 valence electrons. The minimum Gasteiger partial charge on any atom is -0.392 e. The Bertz CT molecular complexity index is 484. The molecule has 1 fully saturated rings. The van der Waals surface area contributed by atoms with Crippen LogP contribution in [0.3, 0.4) is 0 Å². The molecule has 3 N–H and O–H groups in total. The van der Waals surface area contributed by atoms with Crippen LogP contribution in [0.2, 0.25) is 0 Å². The van der Waals surface area contributed by atoms with Crippen molar-refractivity contribution < 1.29 is 4.79 Å². The zero-order valence-electron chi connectivity index (χ0n) is 9.91. The van der Waals surface area contributed by atoms with Crippen molar-refractivity contribution in [3.05, 3.63) is 28.7 Å². The molecule has 3 nitrogen and oxygen atoms in total. The first-order valence-corrected chi connectivity index (χ1v) is 7.12. The van der Waals surface area contributed by atoms with Gasteiger partial charge in [0.25, 0.3) is 0 Å². The monoisotopic (exact) mass is 326 g/mol. The molecular weight excluding hydrogens is 312 g/mol. The number of hydrogen-bond acceptors (Lipinski definition) is 2. The van der Waals surface area contributed by atoms with Gasteiger partial charge in [0, 0.05) is 4.47 Å². The second kappa shape index (κ2) is 5.36. The van der Waals surface area contributed by atoms with E-state index in [0.717, 1.165) is 35.8 Å². The summed E-state index contributed by atoms with van der Waals surface area (Å²) in [6.45, 7) is 0. The zero-order chi connectivity index (χ0) is 13.2. The largest absolute Gasteiger partial charge is 0.392 e. The van der Waals surface area contributed by atoms with Crippen molar-refractivity contribution in [2.24, 2.45) is 11.1 Å². The Balaban J connectivity index is 2.21. The van der Waals surface area contributed by atoms with Crippen molar-refractivity contribution in [2.45, 2.75) is 25.7 Å². The molecule has 1 amide bonds. The van der Waals surface area contributed by atoms with Gasteiger partial charge in [-0.05, 0) is 40.9 Å². The number of para-hydroxylation sites is 1. The second-order valence-corrected chi connectivity index (χ2v) is 5.88. The second-order valence-electron chi connectivity index (χ2n) is 4.59. The van der Waals surface area contributed by atoms with Gasteiger partial charge >= 0.3 is 0 Å². The summed E-state index contributed by atoms with van der Waals surface area (Å²) in [4.78, 5) is 12.7. The fraction of sp³-hybridized carbons (Fsp3) is 0.385. The molecule has 0 heterocycles. The van der Waals surface area contributed by atoms with E-state index in [1.807, 2.05) is 24.3 Å². The molecule has 1 aromatic rings. The molecule has 0 unspecified atom stereocenters. The maximum Gasteiger partial charge on any atom is 0.237 e. The van der Waals surface area contributed by atoms with E-state index >= 15 is 0 Å². The maximum atomic E-state index is 12.4. The van der Waals surface area contributed by atoms with Crippen molar-refractivity contribution in [1.29, 1.82) is 0 Å². The van der Waals surface area contributed by atoms with E-state index in [1.54, 1.807) is 0 Å². The van der Waals surface area contributed by atoms with Crippen molar-refractivity contribution in [3.8, 4) is 0 Å². The van der Waals surface area contributed by atoms with Gasteiger partial charge < -0.3 is 11.1 Å². The highest BCUT2D eigenvalue weighted by molar-refractivity contribution is 9.10. The van der Waals surface area contributed by atoms with Gasteiger partial charge in [0.05, 0.1) is 16.1 Å². The highest BCUT2D eigenvalue weighted by atomic mass is 79.9. The third-order valence-electron chi connectivity index (χ3n) is 3.49. The molecule has 18 heavy (non-hydrogen) atoms. The molecule has 1 aliphatic rings. The predicted octanol–water partition coefficient (Wildman–Crippen LogP) is 3.23. The van der Waals surface area contributed by atoms with Gasteiger partial charge in [-0.2, -0.15) is 0 Å². The van der Waals surface area contributed by atoms with Gasteiger partial charge in [-0.1, -0.05) is 37.2 Å². The van der Waals surface area contributed by atoms with E-state index in [-0.39, 0.29) is 5.91 Å². The Hall–Kier alpha value is -0.940.